The van der Waals surface area contributed by atoms with Crippen LogP contribution in [0.1, 0.15) is 41.6 Å². The molecular formula is C20H26N2O4. The standard InChI is InChI=1S/C20H26N2O4/c1-3-16-13-19(26-21-16)20(23)22(14-18-5-4-12-25-18)11-10-15-6-8-17(24-2)9-7-15/h6-9,13,18H,3-5,10-12,14H2,1-2H3/t18-/m0/s1. The molecule has 1 atom stereocenters. The van der Waals surface area contributed by atoms with Gasteiger partial charge in [-0.3, -0.25) is 4.79 Å². The van der Waals surface area contributed by atoms with E-state index in [9.17, 15) is 4.79 Å². The smallest absolute Gasteiger partial charge is 0.292 e. The Balaban J connectivity index is 1.68. The third-order valence-corrected chi connectivity index (χ3v) is 4.70. The number of carbonyl (C=O) groups excluding carboxylic acids is 1. The molecule has 26 heavy (non-hydrogen) atoms. The fourth-order valence-corrected chi connectivity index (χ4v) is 3.10. The SMILES string of the molecule is CCc1cc(C(=O)N(CCc2ccc(OC)cc2)C[C@@H]2CCCO2)on1. The lowest BCUT2D eigenvalue weighted by Gasteiger charge is -2.24. The Kier molecular flexibility index (Phi) is 6.28. The molecule has 140 valence electrons. The number of methoxy groups -OCH3 is 1. The summed E-state index contributed by atoms with van der Waals surface area (Å²) >= 11 is 0. The van der Waals surface area contributed by atoms with Crippen LogP contribution < -0.4 is 4.74 Å². The highest BCUT2D eigenvalue weighted by atomic mass is 16.5. The predicted octanol–water partition coefficient (Wildman–Crippen LogP) is 3.11. The van der Waals surface area contributed by atoms with Crippen LogP contribution in [-0.4, -0.2) is 48.9 Å². The first-order valence-corrected chi connectivity index (χ1v) is 9.19. The molecule has 1 fully saturated rings. The minimum atomic E-state index is -0.124. The molecule has 1 saturated heterocycles. The topological polar surface area (TPSA) is 64.8 Å². The molecule has 0 bridgehead atoms. The van der Waals surface area contributed by atoms with Crippen molar-refractivity contribution in [3.8, 4) is 5.75 Å². The van der Waals surface area contributed by atoms with Gasteiger partial charge in [0.2, 0.25) is 5.76 Å². The van der Waals surface area contributed by atoms with Crippen molar-refractivity contribution in [3.63, 3.8) is 0 Å². The Morgan fingerprint density at radius 1 is 1.35 bits per heavy atom. The normalized spacial score (nSPS) is 16.6. The van der Waals surface area contributed by atoms with Gasteiger partial charge in [0.1, 0.15) is 5.75 Å². The minimum Gasteiger partial charge on any atom is -0.497 e. The van der Waals surface area contributed by atoms with Gasteiger partial charge in [0, 0.05) is 25.8 Å². The summed E-state index contributed by atoms with van der Waals surface area (Å²) in [5.74, 6) is 1.01. The number of amides is 1. The zero-order valence-electron chi connectivity index (χ0n) is 15.4. The number of hydrogen-bond acceptors (Lipinski definition) is 5. The maximum atomic E-state index is 12.9. The Hall–Kier alpha value is -2.34. The van der Waals surface area contributed by atoms with Crippen LogP contribution in [0.5, 0.6) is 5.75 Å². The van der Waals surface area contributed by atoms with E-state index in [2.05, 4.69) is 5.16 Å². The second-order valence-corrected chi connectivity index (χ2v) is 6.52. The van der Waals surface area contributed by atoms with Crippen LogP contribution in [0, 0.1) is 0 Å². The summed E-state index contributed by atoms with van der Waals surface area (Å²) in [6.07, 6.45) is 3.64. The van der Waals surface area contributed by atoms with Crippen LogP contribution in [-0.2, 0) is 17.6 Å². The van der Waals surface area contributed by atoms with E-state index < -0.39 is 0 Å². The van der Waals surface area contributed by atoms with Crippen LogP contribution in [0.15, 0.2) is 34.9 Å². The molecule has 1 aliphatic rings. The molecule has 1 aromatic carbocycles. The minimum absolute atomic E-state index is 0.100. The van der Waals surface area contributed by atoms with Crippen LogP contribution >= 0.6 is 0 Å². The van der Waals surface area contributed by atoms with E-state index in [1.807, 2.05) is 36.1 Å². The number of rotatable bonds is 8. The lowest BCUT2D eigenvalue weighted by atomic mass is 10.1. The van der Waals surface area contributed by atoms with Gasteiger partial charge in [0.15, 0.2) is 0 Å². The summed E-state index contributed by atoms with van der Waals surface area (Å²) in [4.78, 5) is 14.7. The molecule has 0 radical (unpaired) electrons. The molecule has 0 aliphatic carbocycles. The molecule has 3 rings (SSSR count). The molecule has 0 N–H and O–H groups in total. The van der Waals surface area contributed by atoms with Gasteiger partial charge in [0.05, 0.1) is 18.9 Å². The number of carbonyl (C=O) groups is 1. The van der Waals surface area contributed by atoms with Crippen molar-refractivity contribution in [3.05, 3.63) is 47.3 Å². The summed E-state index contributed by atoms with van der Waals surface area (Å²) in [5, 5.41) is 3.94. The molecule has 0 unspecified atom stereocenters. The molecule has 1 aromatic heterocycles. The quantitative estimate of drug-likeness (QED) is 0.725. The summed E-state index contributed by atoms with van der Waals surface area (Å²) < 4.78 is 16.2. The second kappa shape index (κ2) is 8.85. The number of aryl methyl sites for hydroxylation is 1. The third kappa shape index (κ3) is 4.64. The van der Waals surface area contributed by atoms with Crippen molar-refractivity contribution in [2.24, 2.45) is 0 Å². The van der Waals surface area contributed by atoms with Crippen molar-refractivity contribution in [1.29, 1.82) is 0 Å². The lowest BCUT2D eigenvalue weighted by molar-refractivity contribution is 0.0498. The molecular weight excluding hydrogens is 332 g/mol. The van der Waals surface area contributed by atoms with E-state index in [-0.39, 0.29) is 12.0 Å². The maximum absolute atomic E-state index is 12.9. The van der Waals surface area contributed by atoms with E-state index in [0.717, 1.165) is 49.3 Å². The number of aromatic nitrogens is 1. The summed E-state index contributed by atoms with van der Waals surface area (Å²) in [6, 6.07) is 9.66. The fraction of sp³-hybridized carbons (Fsp3) is 0.500. The molecule has 0 saturated carbocycles. The molecule has 0 spiro atoms. The van der Waals surface area contributed by atoms with Crippen molar-refractivity contribution in [2.45, 2.75) is 38.7 Å². The highest BCUT2D eigenvalue weighted by Crippen LogP contribution is 2.17. The van der Waals surface area contributed by atoms with Gasteiger partial charge in [-0.25, -0.2) is 0 Å². The van der Waals surface area contributed by atoms with Gasteiger partial charge in [-0.2, -0.15) is 0 Å². The molecule has 6 heteroatoms. The number of hydrogen-bond donors (Lipinski definition) is 0. The van der Waals surface area contributed by atoms with E-state index in [1.54, 1.807) is 13.2 Å². The van der Waals surface area contributed by atoms with Crippen molar-refractivity contribution >= 4 is 5.91 Å². The summed E-state index contributed by atoms with van der Waals surface area (Å²) in [7, 11) is 1.65. The number of benzene rings is 1. The summed E-state index contributed by atoms with van der Waals surface area (Å²) in [5.41, 5.74) is 1.95. The monoisotopic (exact) mass is 358 g/mol. The average Bonchev–Trinajstić information content (AvgIpc) is 3.36. The molecule has 2 aromatic rings. The Morgan fingerprint density at radius 3 is 2.77 bits per heavy atom. The molecule has 2 heterocycles. The van der Waals surface area contributed by atoms with Crippen LogP contribution in [0.2, 0.25) is 0 Å². The first-order chi connectivity index (χ1) is 12.7. The third-order valence-electron chi connectivity index (χ3n) is 4.70. The van der Waals surface area contributed by atoms with Crippen LogP contribution in [0.3, 0.4) is 0 Å². The van der Waals surface area contributed by atoms with Crippen molar-refractivity contribution in [1.82, 2.24) is 10.1 Å². The number of nitrogens with zero attached hydrogens (tertiary/aromatic N) is 2. The van der Waals surface area contributed by atoms with Gasteiger partial charge in [-0.05, 0) is 43.4 Å². The van der Waals surface area contributed by atoms with E-state index in [4.69, 9.17) is 14.0 Å². The fourth-order valence-electron chi connectivity index (χ4n) is 3.10. The summed E-state index contributed by atoms with van der Waals surface area (Å²) in [6.45, 7) is 3.94. The first kappa shape index (κ1) is 18.5. The van der Waals surface area contributed by atoms with E-state index in [0.29, 0.717) is 18.8 Å². The van der Waals surface area contributed by atoms with Gasteiger partial charge >= 0.3 is 0 Å². The van der Waals surface area contributed by atoms with E-state index >= 15 is 0 Å². The maximum Gasteiger partial charge on any atom is 0.292 e. The lowest BCUT2D eigenvalue weighted by Crippen LogP contribution is -2.38. The Labute approximate surface area is 154 Å². The zero-order valence-corrected chi connectivity index (χ0v) is 15.4. The van der Waals surface area contributed by atoms with Gasteiger partial charge in [-0.1, -0.05) is 24.2 Å². The first-order valence-electron chi connectivity index (χ1n) is 9.19. The van der Waals surface area contributed by atoms with E-state index in [1.165, 1.54) is 0 Å². The Morgan fingerprint density at radius 2 is 2.15 bits per heavy atom. The average molecular weight is 358 g/mol. The molecule has 1 amide bonds. The Bertz CT molecular complexity index is 705. The van der Waals surface area contributed by atoms with Crippen LogP contribution in [0.25, 0.3) is 0 Å². The largest absolute Gasteiger partial charge is 0.497 e. The molecule has 6 nitrogen and oxygen atoms in total. The van der Waals surface area contributed by atoms with Gasteiger partial charge in [0.25, 0.3) is 5.91 Å². The van der Waals surface area contributed by atoms with Crippen LogP contribution in [0.4, 0.5) is 0 Å². The highest BCUT2D eigenvalue weighted by Gasteiger charge is 2.25. The highest BCUT2D eigenvalue weighted by molar-refractivity contribution is 5.91. The second-order valence-electron chi connectivity index (χ2n) is 6.52. The van der Waals surface area contributed by atoms with Gasteiger partial charge < -0.3 is 18.9 Å². The molecule has 1 aliphatic heterocycles. The predicted molar refractivity (Wildman–Crippen MR) is 97.5 cm³/mol. The van der Waals surface area contributed by atoms with Gasteiger partial charge in [-0.15, -0.1) is 0 Å². The van der Waals surface area contributed by atoms with Crippen molar-refractivity contribution < 1.29 is 18.8 Å². The number of ether oxygens (including phenoxy) is 2. The van der Waals surface area contributed by atoms with Crippen molar-refractivity contribution in [2.75, 3.05) is 26.8 Å². The zero-order chi connectivity index (χ0) is 18.4.